The maximum Gasteiger partial charge on any atom is 0.389 e. The highest BCUT2D eigenvalue weighted by Crippen LogP contribution is 2.26. The highest BCUT2D eigenvalue weighted by Gasteiger charge is 2.27. The van der Waals surface area contributed by atoms with Crippen LogP contribution in [0.2, 0.25) is 0 Å². The van der Waals surface area contributed by atoms with Crippen molar-refractivity contribution in [3.05, 3.63) is 29.6 Å². The summed E-state index contributed by atoms with van der Waals surface area (Å²) in [5, 5.41) is 3.54. The van der Waals surface area contributed by atoms with Crippen molar-refractivity contribution in [2.45, 2.75) is 25.9 Å². The van der Waals surface area contributed by atoms with Crippen molar-refractivity contribution in [1.29, 1.82) is 0 Å². The number of alkyl halides is 3. The molecule has 0 atom stereocenters. The summed E-state index contributed by atoms with van der Waals surface area (Å²) < 4.78 is 41.2. The third kappa shape index (κ3) is 3.24. The molecule has 19 heavy (non-hydrogen) atoms. The van der Waals surface area contributed by atoms with Crippen LogP contribution in [0.3, 0.4) is 0 Å². The van der Waals surface area contributed by atoms with Crippen LogP contribution in [0.5, 0.6) is 0 Å². The van der Waals surface area contributed by atoms with E-state index in [1.54, 1.807) is 25.1 Å². The fourth-order valence-corrected chi connectivity index (χ4v) is 1.60. The topological polar surface area (TPSA) is 64.9 Å². The quantitative estimate of drug-likeness (QED) is 0.871. The van der Waals surface area contributed by atoms with Gasteiger partial charge in [0.25, 0.3) is 5.89 Å². The summed E-state index contributed by atoms with van der Waals surface area (Å²) in [6.45, 7) is 1.78. The molecule has 102 valence electrons. The van der Waals surface area contributed by atoms with Crippen LogP contribution in [0.4, 0.5) is 18.9 Å². The van der Waals surface area contributed by atoms with Gasteiger partial charge >= 0.3 is 6.18 Å². The van der Waals surface area contributed by atoms with E-state index >= 15 is 0 Å². The number of nitrogens with two attached hydrogens (primary N) is 1. The summed E-state index contributed by atoms with van der Waals surface area (Å²) in [4.78, 5) is 3.95. The molecule has 0 fully saturated rings. The first-order valence-electron chi connectivity index (χ1n) is 5.61. The zero-order chi connectivity index (χ0) is 14.0. The van der Waals surface area contributed by atoms with Crippen molar-refractivity contribution in [3.63, 3.8) is 0 Å². The monoisotopic (exact) mass is 271 g/mol. The SMILES string of the molecule is Cc1c(N)cccc1-c1nc(CCC(F)(F)F)no1. The van der Waals surface area contributed by atoms with E-state index in [0.717, 1.165) is 5.56 Å². The minimum atomic E-state index is -4.23. The van der Waals surface area contributed by atoms with Crippen LogP contribution in [0.1, 0.15) is 17.8 Å². The highest BCUT2D eigenvalue weighted by atomic mass is 19.4. The summed E-state index contributed by atoms with van der Waals surface area (Å²) in [7, 11) is 0. The Morgan fingerprint density at radius 2 is 2.05 bits per heavy atom. The zero-order valence-corrected chi connectivity index (χ0v) is 10.2. The van der Waals surface area contributed by atoms with Gasteiger partial charge in [-0.3, -0.25) is 0 Å². The molecular weight excluding hydrogens is 259 g/mol. The molecule has 2 N–H and O–H groups in total. The van der Waals surface area contributed by atoms with Crippen LogP contribution in [-0.2, 0) is 6.42 Å². The van der Waals surface area contributed by atoms with E-state index in [0.29, 0.717) is 11.3 Å². The molecule has 0 aliphatic carbocycles. The van der Waals surface area contributed by atoms with Gasteiger partial charge in [0.1, 0.15) is 0 Å². The number of anilines is 1. The normalized spacial score (nSPS) is 11.8. The molecule has 4 nitrogen and oxygen atoms in total. The number of halogens is 3. The zero-order valence-electron chi connectivity index (χ0n) is 10.2. The molecule has 2 aromatic rings. The Labute approximate surface area is 107 Å². The largest absolute Gasteiger partial charge is 0.398 e. The van der Waals surface area contributed by atoms with Crippen LogP contribution in [0, 0.1) is 6.92 Å². The first kappa shape index (κ1) is 13.4. The van der Waals surface area contributed by atoms with Gasteiger partial charge in [-0.15, -0.1) is 0 Å². The molecule has 0 aliphatic heterocycles. The average Bonchev–Trinajstić information content (AvgIpc) is 2.78. The van der Waals surface area contributed by atoms with E-state index in [1.165, 1.54) is 0 Å². The number of rotatable bonds is 3. The number of aryl methyl sites for hydroxylation is 1. The Hall–Kier alpha value is -2.05. The number of nitrogen functional groups attached to an aromatic ring is 1. The Balaban J connectivity index is 2.19. The highest BCUT2D eigenvalue weighted by molar-refractivity contribution is 5.66. The second-order valence-corrected chi connectivity index (χ2v) is 4.15. The minimum absolute atomic E-state index is 0.0362. The van der Waals surface area contributed by atoms with Crippen molar-refractivity contribution in [2.24, 2.45) is 0 Å². The molecule has 0 aliphatic rings. The predicted octanol–water partition coefficient (Wildman–Crippen LogP) is 3.12. The van der Waals surface area contributed by atoms with Gasteiger partial charge in [0.15, 0.2) is 5.82 Å². The molecule has 1 aromatic heterocycles. The molecule has 0 spiro atoms. The van der Waals surface area contributed by atoms with Gasteiger partial charge in [0, 0.05) is 17.7 Å². The lowest BCUT2D eigenvalue weighted by atomic mass is 10.1. The number of aromatic nitrogens is 2. The first-order valence-corrected chi connectivity index (χ1v) is 5.61. The Morgan fingerprint density at radius 1 is 1.32 bits per heavy atom. The Bertz CT molecular complexity index is 578. The number of hydrogen-bond donors (Lipinski definition) is 1. The van der Waals surface area contributed by atoms with Crippen LogP contribution >= 0.6 is 0 Å². The smallest absolute Gasteiger partial charge is 0.389 e. The van der Waals surface area contributed by atoms with Gasteiger partial charge in [-0.1, -0.05) is 11.2 Å². The third-order valence-corrected chi connectivity index (χ3v) is 2.71. The molecule has 1 aromatic carbocycles. The minimum Gasteiger partial charge on any atom is -0.398 e. The molecule has 0 saturated carbocycles. The summed E-state index contributed by atoms with van der Waals surface area (Å²) in [5.74, 6) is 0.219. The van der Waals surface area contributed by atoms with Crippen molar-refractivity contribution in [1.82, 2.24) is 10.1 Å². The van der Waals surface area contributed by atoms with Crippen molar-refractivity contribution >= 4 is 5.69 Å². The van der Waals surface area contributed by atoms with Gasteiger partial charge in [0.05, 0.1) is 6.42 Å². The lowest BCUT2D eigenvalue weighted by Crippen LogP contribution is -2.09. The second kappa shape index (κ2) is 4.91. The first-order chi connectivity index (χ1) is 8.87. The van der Waals surface area contributed by atoms with Gasteiger partial charge in [0.2, 0.25) is 0 Å². The van der Waals surface area contributed by atoms with Crippen LogP contribution in [0.15, 0.2) is 22.7 Å². The van der Waals surface area contributed by atoms with Gasteiger partial charge in [-0.25, -0.2) is 0 Å². The predicted molar refractivity (Wildman–Crippen MR) is 63.3 cm³/mol. The molecule has 0 radical (unpaired) electrons. The molecule has 0 saturated heterocycles. The van der Waals surface area contributed by atoms with E-state index in [2.05, 4.69) is 10.1 Å². The fourth-order valence-electron chi connectivity index (χ4n) is 1.60. The summed E-state index contributed by atoms with van der Waals surface area (Å²) >= 11 is 0. The molecule has 0 bridgehead atoms. The number of hydrogen-bond acceptors (Lipinski definition) is 4. The van der Waals surface area contributed by atoms with E-state index in [-0.39, 0.29) is 18.1 Å². The molecular formula is C12H12F3N3O. The van der Waals surface area contributed by atoms with Crippen LogP contribution in [-0.4, -0.2) is 16.3 Å². The number of benzene rings is 1. The maximum atomic E-state index is 12.1. The van der Waals surface area contributed by atoms with E-state index in [4.69, 9.17) is 10.3 Å². The molecule has 1 heterocycles. The molecule has 7 heteroatoms. The standard InChI is InChI=1S/C12H12F3N3O/c1-7-8(3-2-4-9(7)16)11-17-10(18-19-11)5-6-12(13,14)15/h2-4H,5-6,16H2,1H3. The maximum absolute atomic E-state index is 12.1. The van der Waals surface area contributed by atoms with Crippen LogP contribution in [0.25, 0.3) is 11.5 Å². The summed E-state index contributed by atoms with van der Waals surface area (Å²) in [5.41, 5.74) is 7.69. The molecule has 0 amide bonds. The van der Waals surface area contributed by atoms with Gasteiger partial charge < -0.3 is 10.3 Å². The third-order valence-electron chi connectivity index (χ3n) is 2.71. The van der Waals surface area contributed by atoms with Crippen molar-refractivity contribution in [2.75, 3.05) is 5.73 Å². The van der Waals surface area contributed by atoms with Crippen LogP contribution < -0.4 is 5.73 Å². The summed E-state index contributed by atoms with van der Waals surface area (Å²) in [6, 6.07) is 5.17. The van der Waals surface area contributed by atoms with Crippen molar-refractivity contribution < 1.29 is 17.7 Å². The van der Waals surface area contributed by atoms with E-state index in [9.17, 15) is 13.2 Å². The Morgan fingerprint density at radius 3 is 2.74 bits per heavy atom. The lowest BCUT2D eigenvalue weighted by Gasteiger charge is -2.03. The molecule has 2 rings (SSSR count). The number of nitrogens with zero attached hydrogens (tertiary/aromatic N) is 2. The average molecular weight is 271 g/mol. The lowest BCUT2D eigenvalue weighted by molar-refractivity contribution is -0.134. The molecule has 0 unspecified atom stereocenters. The van der Waals surface area contributed by atoms with Crippen molar-refractivity contribution in [3.8, 4) is 11.5 Å². The second-order valence-electron chi connectivity index (χ2n) is 4.15. The fraction of sp³-hybridized carbons (Fsp3) is 0.333. The summed E-state index contributed by atoms with van der Waals surface area (Å²) in [6.07, 6.45) is -5.50. The van der Waals surface area contributed by atoms with Gasteiger partial charge in [-0.05, 0) is 24.6 Å². The van der Waals surface area contributed by atoms with E-state index < -0.39 is 12.6 Å². The van der Waals surface area contributed by atoms with E-state index in [1.807, 2.05) is 0 Å². The van der Waals surface area contributed by atoms with Gasteiger partial charge in [-0.2, -0.15) is 18.2 Å². The Kier molecular flexibility index (Phi) is 3.46.